The van der Waals surface area contributed by atoms with E-state index < -0.39 is 30.2 Å². The fourth-order valence-electron chi connectivity index (χ4n) is 1.86. The molecule has 1 aromatic heterocycles. The summed E-state index contributed by atoms with van der Waals surface area (Å²) in [6.45, 7) is 1.64. The molecule has 1 heterocycles. The van der Waals surface area contributed by atoms with E-state index in [-0.39, 0.29) is 16.3 Å². The van der Waals surface area contributed by atoms with Crippen molar-refractivity contribution in [1.29, 1.82) is 0 Å². The highest BCUT2D eigenvalue weighted by Gasteiger charge is 2.22. The molecule has 6 nitrogen and oxygen atoms in total. The largest absolute Gasteiger partial charge is 0.481 e. The number of carbonyl (C=O) groups excluding carboxylic acids is 1. The summed E-state index contributed by atoms with van der Waals surface area (Å²) in [4.78, 5) is 23.0. The van der Waals surface area contributed by atoms with Crippen molar-refractivity contribution < 1.29 is 23.6 Å². The van der Waals surface area contributed by atoms with Gasteiger partial charge in [0.05, 0.1) is 23.2 Å². The second-order valence-electron chi connectivity index (χ2n) is 4.63. The third kappa shape index (κ3) is 3.82. The van der Waals surface area contributed by atoms with Crippen LogP contribution in [0.25, 0.3) is 0 Å². The van der Waals surface area contributed by atoms with E-state index in [2.05, 4.69) is 10.5 Å². The standard InChI is InChI=1S/C14H12ClFN2O4/c1-7-4-12(22-18-7)14(21)17-11(6-13(19)20)8-2-3-9(15)10(16)5-8/h2-5,11H,6H2,1H3,(H,17,21)(H,19,20). The van der Waals surface area contributed by atoms with Crippen LogP contribution < -0.4 is 5.32 Å². The number of rotatable bonds is 5. The Kier molecular flexibility index (Phi) is 4.77. The number of benzene rings is 1. The van der Waals surface area contributed by atoms with Gasteiger partial charge in [-0.1, -0.05) is 22.8 Å². The van der Waals surface area contributed by atoms with E-state index in [1.54, 1.807) is 6.92 Å². The van der Waals surface area contributed by atoms with Crippen molar-refractivity contribution in [1.82, 2.24) is 10.5 Å². The zero-order valence-corrected chi connectivity index (χ0v) is 12.2. The van der Waals surface area contributed by atoms with Gasteiger partial charge in [0.15, 0.2) is 0 Å². The fourth-order valence-corrected chi connectivity index (χ4v) is 1.97. The topological polar surface area (TPSA) is 92.4 Å². The zero-order valence-electron chi connectivity index (χ0n) is 11.5. The first-order valence-corrected chi connectivity index (χ1v) is 6.65. The maximum atomic E-state index is 13.5. The highest BCUT2D eigenvalue weighted by molar-refractivity contribution is 6.30. The molecule has 0 fully saturated rings. The summed E-state index contributed by atoms with van der Waals surface area (Å²) in [6, 6.07) is 4.32. The van der Waals surface area contributed by atoms with Crippen molar-refractivity contribution in [2.45, 2.75) is 19.4 Å². The van der Waals surface area contributed by atoms with Gasteiger partial charge in [0.1, 0.15) is 5.82 Å². The Hall–Kier alpha value is -2.41. The predicted octanol–water partition coefficient (Wildman–Crippen LogP) is 2.72. The summed E-state index contributed by atoms with van der Waals surface area (Å²) in [5, 5.41) is 14.9. The van der Waals surface area contributed by atoms with Crippen LogP contribution in [0, 0.1) is 12.7 Å². The zero-order chi connectivity index (χ0) is 16.3. The Balaban J connectivity index is 2.24. The van der Waals surface area contributed by atoms with Crippen LogP contribution in [-0.2, 0) is 4.79 Å². The molecule has 1 atom stereocenters. The first-order chi connectivity index (χ1) is 10.4. The number of aryl methyl sites for hydroxylation is 1. The second-order valence-corrected chi connectivity index (χ2v) is 5.04. The van der Waals surface area contributed by atoms with Crippen molar-refractivity contribution in [2.24, 2.45) is 0 Å². The van der Waals surface area contributed by atoms with E-state index in [0.717, 1.165) is 6.07 Å². The molecule has 116 valence electrons. The summed E-state index contributed by atoms with van der Waals surface area (Å²) >= 11 is 5.59. The number of amides is 1. The number of carboxylic acids is 1. The summed E-state index contributed by atoms with van der Waals surface area (Å²) in [5.41, 5.74) is 0.798. The van der Waals surface area contributed by atoms with Crippen LogP contribution in [0.5, 0.6) is 0 Å². The Bertz CT molecular complexity index is 717. The fraction of sp³-hybridized carbons (Fsp3) is 0.214. The number of hydrogen-bond acceptors (Lipinski definition) is 4. The van der Waals surface area contributed by atoms with Crippen molar-refractivity contribution >= 4 is 23.5 Å². The average Bonchev–Trinajstić information content (AvgIpc) is 2.87. The Morgan fingerprint density at radius 2 is 2.18 bits per heavy atom. The maximum Gasteiger partial charge on any atom is 0.305 e. The van der Waals surface area contributed by atoms with Gasteiger partial charge in [-0.2, -0.15) is 0 Å². The van der Waals surface area contributed by atoms with Gasteiger partial charge in [0.25, 0.3) is 5.91 Å². The lowest BCUT2D eigenvalue weighted by Gasteiger charge is -2.16. The second kappa shape index (κ2) is 6.57. The molecule has 0 aliphatic carbocycles. The molecule has 1 unspecified atom stereocenters. The predicted molar refractivity (Wildman–Crippen MR) is 75.1 cm³/mol. The molecular weight excluding hydrogens is 315 g/mol. The van der Waals surface area contributed by atoms with Crippen molar-refractivity contribution in [2.75, 3.05) is 0 Å². The van der Waals surface area contributed by atoms with Crippen LogP contribution in [0.15, 0.2) is 28.8 Å². The van der Waals surface area contributed by atoms with E-state index in [1.165, 1.54) is 18.2 Å². The highest BCUT2D eigenvalue weighted by Crippen LogP contribution is 2.23. The molecule has 0 saturated heterocycles. The summed E-state index contributed by atoms with van der Waals surface area (Å²) < 4.78 is 18.3. The van der Waals surface area contributed by atoms with E-state index in [0.29, 0.717) is 5.69 Å². The molecule has 0 bridgehead atoms. The molecule has 1 aromatic carbocycles. The first kappa shape index (κ1) is 16.0. The monoisotopic (exact) mass is 326 g/mol. The lowest BCUT2D eigenvalue weighted by atomic mass is 10.0. The van der Waals surface area contributed by atoms with Gasteiger partial charge in [0.2, 0.25) is 5.76 Å². The van der Waals surface area contributed by atoms with Crippen LogP contribution in [0.4, 0.5) is 4.39 Å². The molecule has 0 spiro atoms. The molecule has 2 aromatic rings. The molecule has 2 rings (SSSR count). The number of hydrogen-bond donors (Lipinski definition) is 2. The number of aromatic nitrogens is 1. The molecule has 8 heteroatoms. The molecule has 1 amide bonds. The van der Waals surface area contributed by atoms with Crippen LogP contribution in [0.3, 0.4) is 0 Å². The SMILES string of the molecule is Cc1cc(C(=O)NC(CC(=O)O)c2ccc(Cl)c(F)c2)on1. The molecule has 0 radical (unpaired) electrons. The lowest BCUT2D eigenvalue weighted by Crippen LogP contribution is -2.30. The Labute approximate surface area is 129 Å². The van der Waals surface area contributed by atoms with Gasteiger partial charge in [-0.3, -0.25) is 9.59 Å². The van der Waals surface area contributed by atoms with Crippen molar-refractivity contribution in [3.63, 3.8) is 0 Å². The Morgan fingerprint density at radius 3 is 2.73 bits per heavy atom. The van der Waals surface area contributed by atoms with Crippen LogP contribution >= 0.6 is 11.6 Å². The minimum absolute atomic E-state index is 0.0534. The minimum atomic E-state index is -1.14. The maximum absolute atomic E-state index is 13.5. The third-order valence-corrected chi connectivity index (χ3v) is 3.19. The molecule has 22 heavy (non-hydrogen) atoms. The quantitative estimate of drug-likeness (QED) is 0.881. The van der Waals surface area contributed by atoms with Crippen LogP contribution in [-0.4, -0.2) is 22.1 Å². The number of halogens is 2. The van der Waals surface area contributed by atoms with Gasteiger partial charge < -0.3 is 14.9 Å². The highest BCUT2D eigenvalue weighted by atomic mass is 35.5. The Morgan fingerprint density at radius 1 is 1.45 bits per heavy atom. The van der Waals surface area contributed by atoms with Crippen LogP contribution in [0.1, 0.15) is 34.3 Å². The van der Waals surface area contributed by atoms with Crippen LogP contribution in [0.2, 0.25) is 5.02 Å². The number of nitrogens with one attached hydrogen (secondary N) is 1. The summed E-state index contributed by atoms with van der Waals surface area (Å²) in [7, 11) is 0. The molecule has 0 aliphatic heterocycles. The smallest absolute Gasteiger partial charge is 0.305 e. The lowest BCUT2D eigenvalue weighted by molar-refractivity contribution is -0.137. The number of aliphatic carboxylic acids is 1. The van der Waals surface area contributed by atoms with Gasteiger partial charge in [-0.05, 0) is 24.6 Å². The van der Waals surface area contributed by atoms with E-state index in [4.69, 9.17) is 21.2 Å². The van der Waals surface area contributed by atoms with Gasteiger partial charge in [-0.25, -0.2) is 4.39 Å². The molecule has 2 N–H and O–H groups in total. The van der Waals surface area contributed by atoms with Gasteiger partial charge in [0, 0.05) is 6.07 Å². The van der Waals surface area contributed by atoms with Gasteiger partial charge in [-0.15, -0.1) is 0 Å². The molecule has 0 saturated carbocycles. The number of nitrogens with zero attached hydrogens (tertiary/aromatic N) is 1. The minimum Gasteiger partial charge on any atom is -0.481 e. The van der Waals surface area contributed by atoms with E-state index in [1.807, 2.05) is 0 Å². The van der Waals surface area contributed by atoms with Crippen molar-refractivity contribution in [3.8, 4) is 0 Å². The number of carboxylic acid groups (broad SMARTS) is 1. The van der Waals surface area contributed by atoms with E-state index >= 15 is 0 Å². The molecule has 0 aliphatic rings. The first-order valence-electron chi connectivity index (χ1n) is 6.27. The average molecular weight is 327 g/mol. The van der Waals surface area contributed by atoms with Crippen molar-refractivity contribution in [3.05, 3.63) is 52.1 Å². The summed E-state index contributed by atoms with van der Waals surface area (Å²) in [6.07, 6.45) is -0.417. The number of carbonyl (C=O) groups is 2. The van der Waals surface area contributed by atoms with E-state index in [9.17, 15) is 14.0 Å². The third-order valence-electron chi connectivity index (χ3n) is 2.88. The molecular formula is C14H12ClFN2O4. The normalized spacial score (nSPS) is 12.0. The van der Waals surface area contributed by atoms with Gasteiger partial charge >= 0.3 is 5.97 Å². The summed E-state index contributed by atoms with van der Waals surface area (Å²) in [5.74, 6) is -2.53.